The lowest BCUT2D eigenvalue weighted by Gasteiger charge is -2.15. The highest BCUT2D eigenvalue weighted by atomic mass is 16.5. The van der Waals surface area contributed by atoms with Gasteiger partial charge >= 0.3 is 0 Å². The summed E-state index contributed by atoms with van der Waals surface area (Å²) in [6.07, 6.45) is 0. The smallest absolute Gasteiger partial charge is 0.118 e. The first-order valence-electron chi connectivity index (χ1n) is 8.80. The first kappa shape index (κ1) is 18.0. The van der Waals surface area contributed by atoms with E-state index in [0.29, 0.717) is 0 Å². The predicted molar refractivity (Wildman–Crippen MR) is 107 cm³/mol. The van der Waals surface area contributed by atoms with Gasteiger partial charge in [0.25, 0.3) is 0 Å². The molecule has 134 valence electrons. The molecule has 0 aromatic heterocycles. The maximum atomic E-state index is 5.23. The summed E-state index contributed by atoms with van der Waals surface area (Å²) < 4.78 is 10.5. The van der Waals surface area contributed by atoms with Crippen LogP contribution in [0.5, 0.6) is 11.5 Å². The lowest BCUT2D eigenvalue weighted by molar-refractivity contribution is 0.414. The van der Waals surface area contributed by atoms with Crippen molar-refractivity contribution in [3.63, 3.8) is 0 Å². The molecule has 0 saturated carbocycles. The van der Waals surface area contributed by atoms with E-state index in [1.54, 1.807) is 14.2 Å². The van der Waals surface area contributed by atoms with E-state index in [4.69, 9.17) is 9.47 Å². The fraction of sp³-hybridized carbons (Fsp3) is 0.217. The van der Waals surface area contributed by atoms with Crippen LogP contribution < -0.4 is 14.8 Å². The summed E-state index contributed by atoms with van der Waals surface area (Å²) in [7, 11) is 3.37. The summed E-state index contributed by atoms with van der Waals surface area (Å²) in [5.41, 5.74) is 4.91. The lowest BCUT2D eigenvalue weighted by Crippen LogP contribution is -2.18. The predicted octanol–water partition coefficient (Wildman–Crippen LogP) is 5.22. The number of hydrogen-bond donors (Lipinski definition) is 1. The highest BCUT2D eigenvalue weighted by Crippen LogP contribution is 2.24. The molecule has 0 amide bonds. The van der Waals surface area contributed by atoms with Gasteiger partial charge in [0.2, 0.25) is 0 Å². The molecule has 1 atom stereocenters. The van der Waals surface area contributed by atoms with Gasteiger partial charge in [-0.05, 0) is 59.5 Å². The molecule has 0 aliphatic carbocycles. The average Bonchev–Trinajstić information content (AvgIpc) is 2.72. The normalized spacial score (nSPS) is 11.8. The van der Waals surface area contributed by atoms with E-state index < -0.39 is 0 Å². The molecule has 0 radical (unpaired) electrons. The fourth-order valence-electron chi connectivity index (χ4n) is 2.93. The molecular formula is C23H25NO2. The van der Waals surface area contributed by atoms with Crippen molar-refractivity contribution in [3.05, 3.63) is 83.9 Å². The largest absolute Gasteiger partial charge is 0.497 e. The topological polar surface area (TPSA) is 30.5 Å². The van der Waals surface area contributed by atoms with Gasteiger partial charge in [0.1, 0.15) is 11.5 Å². The Bertz CT molecular complexity index is 826. The van der Waals surface area contributed by atoms with Crippen LogP contribution in [-0.2, 0) is 6.54 Å². The van der Waals surface area contributed by atoms with E-state index in [1.165, 1.54) is 22.3 Å². The third-order valence-electron chi connectivity index (χ3n) is 4.58. The first-order valence-corrected chi connectivity index (χ1v) is 8.80. The monoisotopic (exact) mass is 347 g/mol. The third kappa shape index (κ3) is 4.44. The second-order valence-corrected chi connectivity index (χ2v) is 6.30. The number of methoxy groups -OCH3 is 2. The Balaban J connectivity index is 1.66. The third-order valence-corrected chi connectivity index (χ3v) is 4.58. The van der Waals surface area contributed by atoms with Crippen LogP contribution in [0.2, 0.25) is 0 Å². The molecule has 0 fully saturated rings. The Hall–Kier alpha value is -2.78. The van der Waals surface area contributed by atoms with Crippen LogP contribution >= 0.6 is 0 Å². The maximum absolute atomic E-state index is 5.23. The SMILES string of the molecule is COc1ccc(-c2cccc(CNC(C)c3ccc(OC)cc3)c2)cc1. The minimum absolute atomic E-state index is 0.269. The molecule has 0 heterocycles. The van der Waals surface area contributed by atoms with Gasteiger partial charge < -0.3 is 14.8 Å². The van der Waals surface area contributed by atoms with Crippen molar-refractivity contribution in [1.29, 1.82) is 0 Å². The molecule has 3 heteroatoms. The second-order valence-electron chi connectivity index (χ2n) is 6.30. The molecule has 0 bridgehead atoms. The average molecular weight is 347 g/mol. The summed E-state index contributed by atoms with van der Waals surface area (Å²) in [5, 5.41) is 3.59. The number of benzene rings is 3. The first-order chi connectivity index (χ1) is 12.7. The molecular weight excluding hydrogens is 322 g/mol. The van der Waals surface area contributed by atoms with Crippen LogP contribution in [0, 0.1) is 0 Å². The Kier molecular flexibility index (Phi) is 5.92. The Labute approximate surface area is 155 Å². The van der Waals surface area contributed by atoms with Crippen LogP contribution in [0.3, 0.4) is 0 Å². The molecule has 1 N–H and O–H groups in total. The summed E-state index contributed by atoms with van der Waals surface area (Å²) in [5.74, 6) is 1.76. The van der Waals surface area contributed by atoms with Crippen molar-refractivity contribution < 1.29 is 9.47 Å². The molecule has 3 aromatic carbocycles. The van der Waals surface area contributed by atoms with Gasteiger partial charge in [0.05, 0.1) is 14.2 Å². The molecule has 0 saturated heterocycles. The van der Waals surface area contributed by atoms with E-state index in [0.717, 1.165) is 18.0 Å². The molecule has 3 nitrogen and oxygen atoms in total. The van der Waals surface area contributed by atoms with Crippen molar-refractivity contribution in [2.75, 3.05) is 14.2 Å². The van der Waals surface area contributed by atoms with E-state index in [1.807, 2.05) is 24.3 Å². The van der Waals surface area contributed by atoms with Crippen LogP contribution in [-0.4, -0.2) is 14.2 Å². The summed E-state index contributed by atoms with van der Waals surface area (Å²) in [6, 6.07) is 25.3. The van der Waals surface area contributed by atoms with Crippen molar-refractivity contribution in [3.8, 4) is 22.6 Å². The van der Waals surface area contributed by atoms with Gasteiger partial charge in [-0.3, -0.25) is 0 Å². The Morgan fingerprint density at radius 1 is 0.769 bits per heavy atom. The molecule has 0 aliphatic heterocycles. The van der Waals surface area contributed by atoms with Gasteiger partial charge in [-0.1, -0.05) is 42.5 Å². The zero-order chi connectivity index (χ0) is 18.4. The van der Waals surface area contributed by atoms with Crippen molar-refractivity contribution in [2.45, 2.75) is 19.5 Å². The molecule has 1 unspecified atom stereocenters. The van der Waals surface area contributed by atoms with Gasteiger partial charge in [-0.2, -0.15) is 0 Å². The second kappa shape index (κ2) is 8.54. The van der Waals surface area contributed by atoms with Gasteiger partial charge in [0.15, 0.2) is 0 Å². The molecule has 0 aliphatic rings. The number of hydrogen-bond acceptors (Lipinski definition) is 3. The van der Waals surface area contributed by atoms with Gasteiger partial charge in [-0.25, -0.2) is 0 Å². The summed E-state index contributed by atoms with van der Waals surface area (Å²) >= 11 is 0. The van der Waals surface area contributed by atoms with Crippen LogP contribution in [0.1, 0.15) is 24.1 Å². The Morgan fingerprint density at radius 3 is 2.00 bits per heavy atom. The number of ether oxygens (including phenoxy) is 2. The molecule has 3 aromatic rings. The van der Waals surface area contributed by atoms with Gasteiger partial charge in [0, 0.05) is 12.6 Å². The number of rotatable bonds is 7. The highest BCUT2D eigenvalue weighted by molar-refractivity contribution is 5.64. The summed E-state index contributed by atoms with van der Waals surface area (Å²) in [4.78, 5) is 0. The van der Waals surface area contributed by atoms with Crippen LogP contribution in [0.25, 0.3) is 11.1 Å². The van der Waals surface area contributed by atoms with Crippen molar-refractivity contribution in [2.24, 2.45) is 0 Å². The minimum atomic E-state index is 0.269. The zero-order valence-corrected chi connectivity index (χ0v) is 15.5. The van der Waals surface area contributed by atoms with Crippen molar-refractivity contribution in [1.82, 2.24) is 5.32 Å². The van der Waals surface area contributed by atoms with Gasteiger partial charge in [-0.15, -0.1) is 0 Å². The fourth-order valence-corrected chi connectivity index (χ4v) is 2.93. The molecule has 26 heavy (non-hydrogen) atoms. The maximum Gasteiger partial charge on any atom is 0.118 e. The lowest BCUT2D eigenvalue weighted by atomic mass is 10.0. The quantitative estimate of drug-likeness (QED) is 0.635. The van der Waals surface area contributed by atoms with Crippen LogP contribution in [0.15, 0.2) is 72.8 Å². The van der Waals surface area contributed by atoms with E-state index in [9.17, 15) is 0 Å². The highest BCUT2D eigenvalue weighted by Gasteiger charge is 2.06. The molecule has 0 spiro atoms. The minimum Gasteiger partial charge on any atom is -0.497 e. The van der Waals surface area contributed by atoms with E-state index in [-0.39, 0.29) is 6.04 Å². The van der Waals surface area contributed by atoms with E-state index in [2.05, 4.69) is 60.8 Å². The number of nitrogens with one attached hydrogen (secondary N) is 1. The van der Waals surface area contributed by atoms with Crippen molar-refractivity contribution >= 4 is 0 Å². The summed E-state index contributed by atoms with van der Waals surface area (Å²) in [6.45, 7) is 2.99. The van der Waals surface area contributed by atoms with Crippen LogP contribution in [0.4, 0.5) is 0 Å². The zero-order valence-electron chi connectivity index (χ0n) is 15.5. The standard InChI is InChI=1S/C23H25NO2/c1-17(19-7-11-22(25-2)12-8-19)24-16-18-5-4-6-21(15-18)20-9-13-23(26-3)14-10-20/h4-15,17,24H,16H2,1-3H3. The molecule has 3 rings (SSSR count). The van der Waals surface area contributed by atoms with E-state index >= 15 is 0 Å². The Morgan fingerprint density at radius 2 is 1.38 bits per heavy atom.